The summed E-state index contributed by atoms with van der Waals surface area (Å²) >= 11 is 3.44. The van der Waals surface area contributed by atoms with Gasteiger partial charge in [-0.25, -0.2) is 9.59 Å². The zero-order valence-electron chi connectivity index (χ0n) is 21.0. The van der Waals surface area contributed by atoms with Crippen molar-refractivity contribution < 1.29 is 28.9 Å². The summed E-state index contributed by atoms with van der Waals surface area (Å²) in [5.41, 5.74) is 0.422. The molecule has 2 aromatic carbocycles. The van der Waals surface area contributed by atoms with Crippen LogP contribution < -0.4 is 0 Å². The van der Waals surface area contributed by atoms with E-state index in [9.17, 15) is 19.2 Å². The first kappa shape index (κ1) is 30.1. The van der Waals surface area contributed by atoms with Crippen molar-refractivity contribution in [3.63, 3.8) is 0 Å². The first-order valence-corrected chi connectivity index (χ1v) is 13.6. The minimum Gasteiger partial charge on any atom is -0.332 e. The average molecular weight is 561 g/mol. The van der Waals surface area contributed by atoms with Gasteiger partial charge in [-0.05, 0) is 99.7 Å². The van der Waals surface area contributed by atoms with Gasteiger partial charge in [0.1, 0.15) is 0 Å². The van der Waals surface area contributed by atoms with E-state index in [4.69, 9.17) is 9.68 Å². The lowest BCUT2D eigenvalue weighted by atomic mass is 10.4. The molecule has 0 aromatic heterocycles. The molecule has 0 saturated heterocycles. The molecule has 0 atom stereocenters. The molecule has 0 aliphatic rings. The first-order valence-electron chi connectivity index (χ1n) is 11.2. The van der Waals surface area contributed by atoms with Crippen LogP contribution >= 0.6 is 35.3 Å². The zero-order valence-corrected chi connectivity index (χ0v) is 23.5. The van der Waals surface area contributed by atoms with Crippen LogP contribution in [0.25, 0.3) is 0 Å². The molecule has 0 radical (unpaired) electrons. The van der Waals surface area contributed by atoms with E-state index in [0.29, 0.717) is 9.79 Å². The Morgan fingerprint density at radius 2 is 0.946 bits per heavy atom. The van der Waals surface area contributed by atoms with Crippen LogP contribution in [-0.2, 0) is 19.3 Å². The summed E-state index contributed by atoms with van der Waals surface area (Å²) in [6.45, 7) is 13.9. The number of hydrogen-bond donors (Lipinski definition) is 0. The Morgan fingerprint density at radius 3 is 1.22 bits per heavy atom. The molecule has 0 aliphatic heterocycles. The quantitative estimate of drug-likeness (QED) is 0.193. The Morgan fingerprint density at radius 1 is 0.649 bits per heavy atom. The van der Waals surface area contributed by atoms with Crippen molar-refractivity contribution in [3.05, 3.63) is 72.8 Å². The predicted octanol–water partition coefficient (Wildman–Crippen LogP) is 6.97. The lowest BCUT2D eigenvalue weighted by molar-refractivity contribution is -0.169. The summed E-state index contributed by atoms with van der Waals surface area (Å²) < 4.78 is 0. The van der Waals surface area contributed by atoms with Crippen LogP contribution in [0.1, 0.15) is 27.7 Å². The van der Waals surface area contributed by atoms with E-state index in [-0.39, 0.29) is 24.2 Å². The SMILES string of the molecule is C=C(C)C(=O)ON(CC)C(=O)Sc1ccc(Sc2ccc(SC(=O)N(CC)OC(=O)C(=C)C)cc2)cc1. The highest BCUT2D eigenvalue weighted by Crippen LogP contribution is 2.32. The number of hydrogen-bond acceptors (Lipinski definition) is 9. The minimum atomic E-state index is -0.648. The van der Waals surface area contributed by atoms with Gasteiger partial charge in [-0.3, -0.25) is 9.59 Å². The van der Waals surface area contributed by atoms with Gasteiger partial charge in [0, 0.05) is 30.7 Å². The highest BCUT2D eigenvalue weighted by Gasteiger charge is 2.20. The lowest BCUT2D eigenvalue weighted by Gasteiger charge is -2.18. The second kappa shape index (κ2) is 14.6. The van der Waals surface area contributed by atoms with E-state index in [0.717, 1.165) is 43.4 Å². The molecule has 2 rings (SSSR count). The normalized spacial score (nSPS) is 10.3. The number of rotatable bonds is 8. The Hall–Kier alpha value is -3.15. The molecule has 37 heavy (non-hydrogen) atoms. The Balaban J connectivity index is 1.93. The van der Waals surface area contributed by atoms with Crippen LogP contribution in [0.15, 0.2) is 92.4 Å². The van der Waals surface area contributed by atoms with Crippen molar-refractivity contribution in [2.75, 3.05) is 13.1 Å². The maximum atomic E-state index is 12.4. The predicted molar refractivity (Wildman–Crippen MR) is 146 cm³/mol. The maximum absolute atomic E-state index is 12.4. The molecule has 0 unspecified atom stereocenters. The van der Waals surface area contributed by atoms with Crippen LogP contribution in [0, 0.1) is 0 Å². The van der Waals surface area contributed by atoms with Crippen molar-refractivity contribution in [2.45, 2.75) is 47.3 Å². The molecule has 11 heteroatoms. The minimum absolute atomic E-state index is 0.211. The van der Waals surface area contributed by atoms with Crippen molar-refractivity contribution in [2.24, 2.45) is 0 Å². The van der Waals surface area contributed by atoms with Crippen LogP contribution in [-0.4, -0.2) is 45.6 Å². The molecule has 0 spiro atoms. The second-order valence-electron chi connectivity index (χ2n) is 7.49. The van der Waals surface area contributed by atoms with Crippen molar-refractivity contribution in [1.29, 1.82) is 0 Å². The first-order chi connectivity index (χ1) is 17.5. The van der Waals surface area contributed by atoms with E-state index in [1.165, 1.54) is 25.6 Å². The Bertz CT molecular complexity index is 1070. The zero-order chi connectivity index (χ0) is 27.5. The molecule has 8 nitrogen and oxygen atoms in total. The summed E-state index contributed by atoms with van der Waals surface area (Å²) in [4.78, 5) is 61.7. The Kier molecular flexibility index (Phi) is 11.8. The van der Waals surface area contributed by atoms with Crippen molar-refractivity contribution >= 4 is 57.7 Å². The highest BCUT2D eigenvalue weighted by atomic mass is 32.2. The van der Waals surface area contributed by atoms with Crippen molar-refractivity contribution in [1.82, 2.24) is 10.1 Å². The van der Waals surface area contributed by atoms with Gasteiger partial charge in [0.05, 0.1) is 13.1 Å². The fourth-order valence-corrected chi connectivity index (χ4v) is 4.71. The third-order valence-electron chi connectivity index (χ3n) is 4.36. The number of hydroxylamine groups is 4. The smallest absolute Gasteiger partial charge is 0.332 e. The summed E-state index contributed by atoms with van der Waals surface area (Å²) in [7, 11) is 0. The summed E-state index contributed by atoms with van der Waals surface area (Å²) in [6.07, 6.45) is 0. The largest absolute Gasteiger partial charge is 0.358 e. The van der Waals surface area contributed by atoms with Gasteiger partial charge in [-0.1, -0.05) is 24.9 Å². The number of amides is 2. The van der Waals surface area contributed by atoms with E-state index in [1.54, 1.807) is 13.8 Å². The fraction of sp³-hybridized carbons (Fsp3) is 0.231. The molecule has 0 aliphatic carbocycles. The highest BCUT2D eigenvalue weighted by molar-refractivity contribution is 8.13. The number of carbonyl (C=O) groups is 4. The molecule has 0 bridgehead atoms. The second-order valence-corrected chi connectivity index (χ2v) is 10.7. The summed E-state index contributed by atoms with van der Waals surface area (Å²) in [5.74, 6) is -1.30. The van der Waals surface area contributed by atoms with E-state index >= 15 is 0 Å². The van der Waals surface area contributed by atoms with E-state index < -0.39 is 22.4 Å². The number of benzene rings is 2. The third kappa shape index (κ3) is 9.67. The van der Waals surface area contributed by atoms with E-state index in [2.05, 4.69) is 13.2 Å². The summed E-state index contributed by atoms with van der Waals surface area (Å²) in [6, 6.07) is 14.8. The summed E-state index contributed by atoms with van der Waals surface area (Å²) in [5, 5.41) is 1.19. The molecule has 2 aromatic rings. The van der Waals surface area contributed by atoms with Gasteiger partial charge < -0.3 is 9.68 Å². The number of nitrogens with zero attached hydrogens (tertiary/aromatic N) is 2. The number of thioether (sulfide) groups is 2. The molecule has 0 heterocycles. The average Bonchev–Trinajstić information content (AvgIpc) is 2.87. The maximum Gasteiger partial charge on any atom is 0.358 e. The van der Waals surface area contributed by atoms with E-state index in [1.807, 2.05) is 48.5 Å². The molecule has 196 valence electrons. The third-order valence-corrected chi connectivity index (χ3v) is 7.15. The molecule has 0 fully saturated rings. The number of carbonyl (C=O) groups excluding carboxylic acids is 4. The van der Waals surface area contributed by atoms with Crippen LogP contribution in [0.3, 0.4) is 0 Å². The molecule has 2 amide bonds. The Labute approximate surface area is 229 Å². The molecule has 0 saturated carbocycles. The topological polar surface area (TPSA) is 93.2 Å². The van der Waals surface area contributed by atoms with Crippen LogP contribution in [0.4, 0.5) is 9.59 Å². The molecular formula is C26H28N2O6S3. The fourth-order valence-electron chi connectivity index (χ4n) is 2.41. The van der Waals surface area contributed by atoms with Gasteiger partial charge in [0.2, 0.25) is 0 Å². The monoisotopic (exact) mass is 560 g/mol. The standard InChI is InChI=1S/C26H28N2O6S3/c1-7-27(33-23(29)17(3)4)25(31)36-21-13-9-19(10-14-21)35-20-11-15-22(16-12-20)37-26(32)28(8-2)34-24(30)18(5)6/h9-16H,3,5,7-8H2,1-2,4,6H3. The lowest BCUT2D eigenvalue weighted by Crippen LogP contribution is -2.30. The van der Waals surface area contributed by atoms with Gasteiger partial charge in [-0.2, -0.15) is 10.1 Å². The van der Waals surface area contributed by atoms with Gasteiger partial charge in [0.25, 0.3) is 0 Å². The van der Waals surface area contributed by atoms with Crippen LogP contribution in [0.2, 0.25) is 0 Å². The molecular weight excluding hydrogens is 532 g/mol. The van der Waals surface area contributed by atoms with Crippen molar-refractivity contribution in [3.8, 4) is 0 Å². The van der Waals surface area contributed by atoms with Gasteiger partial charge in [0.15, 0.2) is 0 Å². The van der Waals surface area contributed by atoms with Gasteiger partial charge >= 0.3 is 22.4 Å². The van der Waals surface area contributed by atoms with Crippen LogP contribution in [0.5, 0.6) is 0 Å². The molecule has 0 N–H and O–H groups in total. The van der Waals surface area contributed by atoms with Gasteiger partial charge in [-0.15, -0.1) is 0 Å².